The van der Waals surface area contributed by atoms with E-state index in [1.54, 1.807) is 0 Å². The van der Waals surface area contributed by atoms with E-state index in [4.69, 9.17) is 0 Å². The Morgan fingerprint density at radius 2 is 2.12 bits per heavy atom. The molecule has 1 N–H and O–H groups in total. The molecule has 0 fully saturated rings. The summed E-state index contributed by atoms with van der Waals surface area (Å²) in [6.45, 7) is 10.6. The number of nitrogens with one attached hydrogen (secondary N) is 1. The van der Waals surface area contributed by atoms with Gasteiger partial charge >= 0.3 is 0 Å². The van der Waals surface area contributed by atoms with E-state index in [0.717, 1.165) is 36.9 Å². The fourth-order valence-corrected chi connectivity index (χ4v) is 2.19. The van der Waals surface area contributed by atoms with Gasteiger partial charge in [0.2, 0.25) is 0 Å². The number of hydrogen-bond acceptors (Lipinski definition) is 5. The summed E-state index contributed by atoms with van der Waals surface area (Å²) in [5.74, 6) is 0. The average Bonchev–Trinajstić information content (AvgIpc) is 2.72. The second kappa shape index (κ2) is 7.57. The highest BCUT2D eigenvalue weighted by atomic mass is 32.1. The van der Waals surface area contributed by atoms with Crippen molar-refractivity contribution in [2.24, 2.45) is 0 Å². The number of nitrogens with zero attached hydrogens (tertiary/aromatic N) is 3. The molecule has 1 aromatic rings. The van der Waals surface area contributed by atoms with Gasteiger partial charge in [0.25, 0.3) is 0 Å². The van der Waals surface area contributed by atoms with E-state index in [2.05, 4.69) is 40.6 Å². The van der Waals surface area contributed by atoms with Crippen LogP contribution in [0.25, 0.3) is 0 Å². The van der Waals surface area contributed by atoms with Gasteiger partial charge in [-0.3, -0.25) is 4.90 Å². The molecule has 0 spiro atoms. The highest BCUT2D eigenvalue weighted by Gasteiger charge is 2.10. The first-order valence-corrected chi connectivity index (χ1v) is 6.86. The van der Waals surface area contributed by atoms with E-state index in [1.165, 1.54) is 24.4 Å². The van der Waals surface area contributed by atoms with Gasteiger partial charge < -0.3 is 5.32 Å². The van der Waals surface area contributed by atoms with Crippen LogP contribution in [0.4, 0.5) is 5.00 Å². The molecule has 0 aliphatic heterocycles. The number of aromatic nitrogens is 2. The van der Waals surface area contributed by atoms with Gasteiger partial charge in [-0.15, -0.1) is 5.10 Å². The van der Waals surface area contributed by atoms with Crippen LogP contribution in [0, 0.1) is 0 Å². The zero-order chi connectivity index (χ0) is 11.8. The maximum Gasteiger partial charge on any atom is 0.134 e. The first-order valence-electron chi connectivity index (χ1n) is 6.09. The first kappa shape index (κ1) is 13.4. The van der Waals surface area contributed by atoms with Crippen molar-refractivity contribution in [3.8, 4) is 0 Å². The lowest BCUT2D eigenvalue weighted by molar-refractivity contribution is 0.272. The summed E-state index contributed by atoms with van der Waals surface area (Å²) in [5.41, 5.74) is 1.09. The highest BCUT2D eigenvalue weighted by Crippen LogP contribution is 2.19. The van der Waals surface area contributed by atoms with Crippen molar-refractivity contribution in [1.29, 1.82) is 0 Å². The van der Waals surface area contributed by atoms with Crippen molar-refractivity contribution in [1.82, 2.24) is 14.5 Å². The molecule has 0 amide bonds. The molecule has 4 nitrogen and oxygen atoms in total. The van der Waals surface area contributed by atoms with Gasteiger partial charge in [-0.2, -0.15) is 0 Å². The normalized spacial score (nSPS) is 11.0. The van der Waals surface area contributed by atoms with Crippen molar-refractivity contribution in [3.63, 3.8) is 0 Å². The van der Waals surface area contributed by atoms with Crippen LogP contribution in [0.5, 0.6) is 0 Å². The number of rotatable bonds is 8. The zero-order valence-electron chi connectivity index (χ0n) is 10.5. The maximum atomic E-state index is 4.19. The van der Waals surface area contributed by atoms with E-state index in [0.29, 0.717) is 0 Å². The first-order chi connectivity index (χ1) is 7.81. The van der Waals surface area contributed by atoms with Crippen LogP contribution in [-0.4, -0.2) is 34.1 Å². The Labute approximate surface area is 102 Å². The van der Waals surface area contributed by atoms with Crippen molar-refractivity contribution in [2.75, 3.05) is 25.0 Å². The van der Waals surface area contributed by atoms with Crippen molar-refractivity contribution in [2.45, 2.75) is 40.2 Å². The summed E-state index contributed by atoms with van der Waals surface area (Å²) in [6, 6.07) is 0. The maximum absolute atomic E-state index is 4.19. The van der Waals surface area contributed by atoms with Gasteiger partial charge in [0.1, 0.15) is 10.7 Å². The summed E-state index contributed by atoms with van der Waals surface area (Å²) in [6.07, 6.45) is 2.49. The summed E-state index contributed by atoms with van der Waals surface area (Å²) in [7, 11) is 0. The summed E-state index contributed by atoms with van der Waals surface area (Å²) in [5, 5.41) is 8.63. The van der Waals surface area contributed by atoms with Crippen LogP contribution in [0.1, 0.15) is 39.3 Å². The monoisotopic (exact) mass is 242 g/mol. The van der Waals surface area contributed by atoms with E-state index >= 15 is 0 Å². The molecule has 0 bridgehead atoms. The molecule has 0 saturated carbocycles. The topological polar surface area (TPSA) is 41.1 Å². The summed E-state index contributed by atoms with van der Waals surface area (Å²) < 4.78 is 4.01. The molecule has 1 heterocycles. The van der Waals surface area contributed by atoms with E-state index < -0.39 is 0 Å². The van der Waals surface area contributed by atoms with Crippen molar-refractivity contribution in [3.05, 3.63) is 5.69 Å². The Kier molecular flexibility index (Phi) is 6.33. The molecular formula is C11H22N4S. The standard InChI is InChI=1S/C11H22N4S/c1-4-7-8-15(6-3)9-10-11(12-5-2)16-14-13-10/h12H,4-9H2,1-3H3. The summed E-state index contributed by atoms with van der Waals surface area (Å²) >= 11 is 1.45. The third-order valence-electron chi connectivity index (χ3n) is 2.54. The number of anilines is 1. The smallest absolute Gasteiger partial charge is 0.134 e. The van der Waals surface area contributed by atoms with E-state index in [9.17, 15) is 0 Å². The number of unbranched alkanes of at least 4 members (excludes halogenated alkanes) is 1. The molecule has 0 aliphatic carbocycles. The lowest BCUT2D eigenvalue weighted by Crippen LogP contribution is -2.24. The molecule has 0 atom stereocenters. The average molecular weight is 242 g/mol. The second-order valence-electron chi connectivity index (χ2n) is 3.80. The quantitative estimate of drug-likeness (QED) is 0.761. The number of hydrogen-bond donors (Lipinski definition) is 1. The van der Waals surface area contributed by atoms with E-state index in [-0.39, 0.29) is 0 Å². The SMILES string of the molecule is CCCCN(CC)Cc1nnsc1NCC. The van der Waals surface area contributed by atoms with Crippen LogP contribution >= 0.6 is 11.5 Å². The Balaban J connectivity index is 2.51. The van der Waals surface area contributed by atoms with Gasteiger partial charge in [-0.25, -0.2) is 0 Å². The molecule has 0 aliphatic rings. The van der Waals surface area contributed by atoms with Crippen molar-refractivity contribution >= 4 is 16.5 Å². The molecule has 0 unspecified atom stereocenters. The molecule has 5 heteroatoms. The van der Waals surface area contributed by atoms with Gasteiger partial charge in [-0.1, -0.05) is 24.8 Å². The molecule has 0 aromatic carbocycles. The van der Waals surface area contributed by atoms with E-state index in [1.807, 2.05) is 0 Å². The minimum atomic E-state index is 0.912. The highest BCUT2D eigenvalue weighted by molar-refractivity contribution is 7.10. The van der Waals surface area contributed by atoms with Crippen LogP contribution in [0.2, 0.25) is 0 Å². The van der Waals surface area contributed by atoms with Crippen LogP contribution in [0.15, 0.2) is 0 Å². The molecule has 0 saturated heterocycles. The fraction of sp³-hybridized carbons (Fsp3) is 0.818. The second-order valence-corrected chi connectivity index (χ2v) is 4.56. The third-order valence-corrected chi connectivity index (χ3v) is 3.27. The van der Waals surface area contributed by atoms with Gasteiger partial charge in [0, 0.05) is 24.6 Å². The van der Waals surface area contributed by atoms with Crippen molar-refractivity contribution < 1.29 is 0 Å². The lowest BCUT2D eigenvalue weighted by Gasteiger charge is -2.19. The largest absolute Gasteiger partial charge is 0.374 e. The lowest BCUT2D eigenvalue weighted by atomic mass is 10.3. The fourth-order valence-electron chi connectivity index (χ4n) is 1.55. The van der Waals surface area contributed by atoms with Crippen LogP contribution in [0.3, 0.4) is 0 Å². The Hall–Kier alpha value is -0.680. The minimum absolute atomic E-state index is 0.912. The molecule has 1 aromatic heterocycles. The molecule has 1 rings (SSSR count). The molecule has 92 valence electrons. The van der Waals surface area contributed by atoms with Crippen LogP contribution in [-0.2, 0) is 6.54 Å². The van der Waals surface area contributed by atoms with Crippen LogP contribution < -0.4 is 5.32 Å². The van der Waals surface area contributed by atoms with Gasteiger partial charge in [0.05, 0.1) is 0 Å². The molecule has 16 heavy (non-hydrogen) atoms. The van der Waals surface area contributed by atoms with Gasteiger partial charge in [0.15, 0.2) is 0 Å². The molecule has 0 radical (unpaired) electrons. The third kappa shape index (κ3) is 4.06. The minimum Gasteiger partial charge on any atom is -0.374 e. The predicted octanol–water partition coefficient (Wildman–Crippen LogP) is 2.59. The predicted molar refractivity (Wildman–Crippen MR) is 69.9 cm³/mol. The Morgan fingerprint density at radius 1 is 1.31 bits per heavy atom. The summed E-state index contributed by atoms with van der Waals surface area (Å²) in [4.78, 5) is 2.42. The molecular weight excluding hydrogens is 220 g/mol. The Morgan fingerprint density at radius 3 is 2.75 bits per heavy atom. The zero-order valence-corrected chi connectivity index (χ0v) is 11.3. The van der Waals surface area contributed by atoms with Gasteiger partial charge in [-0.05, 0) is 26.4 Å². The Bertz CT molecular complexity index is 287.